The topological polar surface area (TPSA) is 32.3 Å². The van der Waals surface area contributed by atoms with Gasteiger partial charge in [0.05, 0.1) is 6.17 Å². The summed E-state index contributed by atoms with van der Waals surface area (Å²) in [5.74, 6) is 0.196. The molecule has 0 bridgehead atoms. The summed E-state index contributed by atoms with van der Waals surface area (Å²) >= 11 is 0. The molecule has 1 aliphatic rings. The highest BCUT2D eigenvalue weighted by Crippen LogP contribution is 2.09. The maximum atomic E-state index is 11.1. The fraction of sp³-hybridized carbons (Fsp3) is 0.875. The summed E-state index contributed by atoms with van der Waals surface area (Å²) in [6, 6.07) is 0. The Hall–Kier alpha value is -0.570. The number of hydrogen-bond donors (Lipinski definition) is 1. The van der Waals surface area contributed by atoms with E-state index in [0.29, 0.717) is 6.42 Å². The van der Waals surface area contributed by atoms with E-state index in [1.165, 1.54) is 0 Å². The van der Waals surface area contributed by atoms with E-state index in [1.807, 2.05) is 14.1 Å². The molecule has 3 nitrogen and oxygen atoms in total. The molecule has 1 rings (SSSR count). The number of nitrogens with one attached hydrogen (secondary N) is 1. The Balaban J connectivity index is 2.45. The van der Waals surface area contributed by atoms with Gasteiger partial charge in [-0.25, -0.2) is 0 Å². The van der Waals surface area contributed by atoms with E-state index >= 15 is 0 Å². The second-order valence-electron chi connectivity index (χ2n) is 3.29. The van der Waals surface area contributed by atoms with Gasteiger partial charge in [-0.3, -0.25) is 9.69 Å². The molecule has 0 radical (unpaired) electrons. The van der Waals surface area contributed by atoms with Crippen molar-refractivity contribution >= 4 is 5.91 Å². The summed E-state index contributed by atoms with van der Waals surface area (Å²) in [4.78, 5) is 13.1. The Morgan fingerprint density at radius 3 is 2.82 bits per heavy atom. The lowest BCUT2D eigenvalue weighted by Crippen LogP contribution is -2.43. The normalized spacial score (nSPS) is 26.5. The Bertz CT molecular complexity index is 145. The summed E-state index contributed by atoms with van der Waals surface area (Å²) in [5, 5.41) is 2.97. The molecule has 1 fully saturated rings. The third-order valence-electron chi connectivity index (χ3n) is 2.08. The minimum atomic E-state index is 0.196. The summed E-state index contributed by atoms with van der Waals surface area (Å²) in [6.07, 6.45) is 4.23. The summed E-state index contributed by atoms with van der Waals surface area (Å²) in [6.45, 7) is 0. The van der Waals surface area contributed by atoms with Crippen molar-refractivity contribution in [3.05, 3.63) is 0 Å². The van der Waals surface area contributed by atoms with Crippen LogP contribution in [0.25, 0.3) is 0 Å². The molecule has 1 unspecified atom stereocenters. The van der Waals surface area contributed by atoms with Crippen LogP contribution < -0.4 is 5.32 Å². The standard InChI is InChI=1S/C8H16N2O/c1-10(2)7-5-3-4-6-8(11)9-7/h7H,3-6H2,1-2H3,(H,9,11). The lowest BCUT2D eigenvalue weighted by molar-refractivity contribution is -0.122. The van der Waals surface area contributed by atoms with Crippen LogP contribution in [-0.2, 0) is 4.79 Å². The molecular formula is C8H16N2O. The maximum absolute atomic E-state index is 11.1. The van der Waals surface area contributed by atoms with Crippen molar-refractivity contribution in [2.45, 2.75) is 31.8 Å². The van der Waals surface area contributed by atoms with Crippen molar-refractivity contribution < 1.29 is 4.79 Å². The minimum Gasteiger partial charge on any atom is -0.341 e. The number of hydrogen-bond acceptors (Lipinski definition) is 2. The van der Waals surface area contributed by atoms with Crippen molar-refractivity contribution in [2.75, 3.05) is 14.1 Å². The number of amides is 1. The van der Waals surface area contributed by atoms with E-state index in [9.17, 15) is 4.79 Å². The van der Waals surface area contributed by atoms with Crippen molar-refractivity contribution in [3.8, 4) is 0 Å². The zero-order valence-corrected chi connectivity index (χ0v) is 7.26. The zero-order valence-electron chi connectivity index (χ0n) is 7.26. The first-order valence-electron chi connectivity index (χ1n) is 4.16. The van der Waals surface area contributed by atoms with Gasteiger partial charge in [0.15, 0.2) is 0 Å². The largest absolute Gasteiger partial charge is 0.341 e. The van der Waals surface area contributed by atoms with Crippen LogP contribution in [0.1, 0.15) is 25.7 Å². The Morgan fingerprint density at radius 2 is 2.18 bits per heavy atom. The summed E-state index contributed by atoms with van der Waals surface area (Å²) < 4.78 is 0. The first-order valence-corrected chi connectivity index (χ1v) is 4.16. The van der Waals surface area contributed by atoms with Gasteiger partial charge in [-0.05, 0) is 33.4 Å². The van der Waals surface area contributed by atoms with Crippen LogP contribution in [0.2, 0.25) is 0 Å². The third kappa shape index (κ3) is 2.50. The van der Waals surface area contributed by atoms with E-state index in [2.05, 4.69) is 10.2 Å². The highest BCUT2D eigenvalue weighted by molar-refractivity contribution is 5.76. The monoisotopic (exact) mass is 156 g/mol. The van der Waals surface area contributed by atoms with Gasteiger partial charge in [-0.15, -0.1) is 0 Å². The molecule has 1 heterocycles. The van der Waals surface area contributed by atoms with Gasteiger partial charge in [-0.1, -0.05) is 0 Å². The maximum Gasteiger partial charge on any atom is 0.221 e. The predicted octanol–water partition coefficient (Wildman–Crippen LogP) is 0.564. The van der Waals surface area contributed by atoms with Gasteiger partial charge in [0, 0.05) is 6.42 Å². The van der Waals surface area contributed by atoms with Gasteiger partial charge in [0.1, 0.15) is 0 Å². The molecule has 1 saturated heterocycles. The molecule has 1 amide bonds. The van der Waals surface area contributed by atoms with E-state index < -0.39 is 0 Å². The number of nitrogens with zero attached hydrogens (tertiary/aromatic N) is 1. The molecule has 0 spiro atoms. The van der Waals surface area contributed by atoms with Crippen LogP contribution in [0.5, 0.6) is 0 Å². The molecule has 0 aliphatic carbocycles. The first kappa shape index (κ1) is 8.53. The van der Waals surface area contributed by atoms with Crippen LogP contribution >= 0.6 is 0 Å². The molecule has 1 atom stereocenters. The van der Waals surface area contributed by atoms with Gasteiger partial charge in [0.2, 0.25) is 5.91 Å². The highest BCUT2D eigenvalue weighted by atomic mass is 16.1. The lowest BCUT2D eigenvalue weighted by Gasteiger charge is -2.22. The molecule has 1 aliphatic heterocycles. The lowest BCUT2D eigenvalue weighted by atomic mass is 10.2. The van der Waals surface area contributed by atoms with Crippen LogP contribution in [-0.4, -0.2) is 31.1 Å². The van der Waals surface area contributed by atoms with E-state index in [0.717, 1.165) is 19.3 Å². The van der Waals surface area contributed by atoms with Crippen LogP contribution in [0.3, 0.4) is 0 Å². The SMILES string of the molecule is CN(C)C1CCCCC(=O)N1. The zero-order chi connectivity index (χ0) is 8.27. The second kappa shape index (κ2) is 3.72. The van der Waals surface area contributed by atoms with Crippen molar-refractivity contribution in [2.24, 2.45) is 0 Å². The summed E-state index contributed by atoms with van der Waals surface area (Å²) in [5.41, 5.74) is 0. The van der Waals surface area contributed by atoms with Crippen molar-refractivity contribution in [3.63, 3.8) is 0 Å². The molecule has 0 saturated carbocycles. The quantitative estimate of drug-likeness (QED) is 0.601. The molecule has 11 heavy (non-hydrogen) atoms. The average molecular weight is 156 g/mol. The average Bonchev–Trinajstić information content (AvgIpc) is 2.13. The first-order chi connectivity index (χ1) is 5.20. The molecular weight excluding hydrogens is 140 g/mol. The molecule has 0 aromatic heterocycles. The predicted molar refractivity (Wildman–Crippen MR) is 44.1 cm³/mol. The Morgan fingerprint density at radius 1 is 1.45 bits per heavy atom. The minimum absolute atomic E-state index is 0.196. The number of carbonyl (C=O) groups is 1. The van der Waals surface area contributed by atoms with Crippen molar-refractivity contribution in [1.29, 1.82) is 0 Å². The summed E-state index contributed by atoms with van der Waals surface area (Å²) in [7, 11) is 3.99. The Kier molecular flexibility index (Phi) is 2.88. The molecule has 0 aromatic rings. The fourth-order valence-electron chi connectivity index (χ4n) is 1.34. The van der Waals surface area contributed by atoms with Crippen LogP contribution in [0.15, 0.2) is 0 Å². The van der Waals surface area contributed by atoms with E-state index in [4.69, 9.17) is 0 Å². The van der Waals surface area contributed by atoms with Crippen LogP contribution in [0, 0.1) is 0 Å². The Labute approximate surface area is 67.8 Å². The van der Waals surface area contributed by atoms with Crippen LogP contribution in [0.4, 0.5) is 0 Å². The fourth-order valence-corrected chi connectivity index (χ4v) is 1.34. The molecule has 3 heteroatoms. The number of carbonyl (C=O) groups excluding carboxylic acids is 1. The smallest absolute Gasteiger partial charge is 0.221 e. The van der Waals surface area contributed by atoms with Gasteiger partial charge in [0.25, 0.3) is 0 Å². The second-order valence-corrected chi connectivity index (χ2v) is 3.29. The molecule has 1 N–H and O–H groups in total. The van der Waals surface area contributed by atoms with Gasteiger partial charge < -0.3 is 5.32 Å². The van der Waals surface area contributed by atoms with Gasteiger partial charge >= 0.3 is 0 Å². The highest BCUT2D eigenvalue weighted by Gasteiger charge is 2.16. The van der Waals surface area contributed by atoms with E-state index in [1.54, 1.807) is 0 Å². The van der Waals surface area contributed by atoms with Crippen molar-refractivity contribution in [1.82, 2.24) is 10.2 Å². The molecule has 0 aromatic carbocycles. The number of rotatable bonds is 1. The van der Waals surface area contributed by atoms with E-state index in [-0.39, 0.29) is 12.1 Å². The molecule has 64 valence electrons. The van der Waals surface area contributed by atoms with Gasteiger partial charge in [-0.2, -0.15) is 0 Å². The third-order valence-corrected chi connectivity index (χ3v) is 2.08.